The second kappa shape index (κ2) is 20.0. The van der Waals surface area contributed by atoms with Crippen molar-refractivity contribution in [3.63, 3.8) is 0 Å². The lowest BCUT2D eigenvalue weighted by molar-refractivity contribution is 0.155. The van der Waals surface area contributed by atoms with Crippen molar-refractivity contribution in [2.75, 3.05) is 0 Å². The molecule has 4 rings (SSSR count). The summed E-state index contributed by atoms with van der Waals surface area (Å²) >= 11 is 0. The molecule has 234 valence electrons. The Hall–Kier alpha value is -2.97. The molecule has 9 nitrogen and oxygen atoms in total. The first-order valence-corrected chi connectivity index (χ1v) is 17.0. The van der Waals surface area contributed by atoms with Crippen molar-refractivity contribution in [1.29, 1.82) is 0 Å². The van der Waals surface area contributed by atoms with E-state index in [1.165, 1.54) is 96.3 Å². The second-order valence-electron chi connectivity index (χ2n) is 12.0. The van der Waals surface area contributed by atoms with Crippen molar-refractivity contribution in [1.82, 2.24) is 31.4 Å². The number of nitrogens with zero attached hydrogens (tertiary/aromatic N) is 3. The highest BCUT2D eigenvalue weighted by Crippen LogP contribution is 2.20. The molecule has 0 bridgehead atoms. The van der Waals surface area contributed by atoms with Crippen molar-refractivity contribution in [2.24, 2.45) is 0 Å². The van der Waals surface area contributed by atoms with Crippen LogP contribution in [0.2, 0.25) is 0 Å². The topological polar surface area (TPSA) is 102 Å². The van der Waals surface area contributed by atoms with Gasteiger partial charge in [-0.2, -0.15) is 0 Å². The lowest BCUT2D eigenvalue weighted by atomic mass is 10.0. The normalized spacial score (nSPS) is 20.4. The van der Waals surface area contributed by atoms with Gasteiger partial charge in [-0.3, -0.25) is 0 Å². The Bertz CT molecular complexity index is 860. The number of nitrogens with one attached hydrogen (secondary N) is 3. The molecule has 1 heterocycles. The fourth-order valence-electron chi connectivity index (χ4n) is 5.70. The first-order valence-electron chi connectivity index (χ1n) is 17.0. The zero-order chi connectivity index (χ0) is 28.9. The molecule has 0 radical (unpaired) electrons. The van der Waals surface area contributed by atoms with Gasteiger partial charge in [-0.15, -0.1) is 15.0 Å². The highest BCUT2D eigenvalue weighted by Gasteiger charge is 2.14. The number of rotatable bonds is 9. The zero-order valence-electron chi connectivity index (χ0n) is 25.8. The van der Waals surface area contributed by atoms with Gasteiger partial charge in [-0.1, -0.05) is 95.3 Å². The molecule has 1 aromatic rings. The molecule has 9 heteroatoms. The lowest BCUT2D eigenvalue weighted by Gasteiger charge is -2.16. The van der Waals surface area contributed by atoms with E-state index in [2.05, 4.69) is 49.6 Å². The highest BCUT2D eigenvalue weighted by molar-refractivity contribution is 5.11. The molecule has 1 aromatic heterocycles. The molecule has 3 aliphatic rings. The Morgan fingerprint density at radius 2 is 0.619 bits per heavy atom. The molecular weight excluding hydrogens is 528 g/mol. The molecule has 3 aliphatic carbocycles. The van der Waals surface area contributed by atoms with Crippen LogP contribution in [0.1, 0.15) is 154 Å². The fraction of sp³-hybridized carbons (Fsp3) is 0.727. The van der Waals surface area contributed by atoms with Crippen molar-refractivity contribution in [3.05, 3.63) is 35.3 Å². The van der Waals surface area contributed by atoms with E-state index in [4.69, 9.17) is 14.5 Å². The van der Waals surface area contributed by atoms with Crippen LogP contribution in [-0.4, -0.2) is 15.0 Å². The van der Waals surface area contributed by atoms with E-state index in [0.717, 1.165) is 74.9 Å². The standard InChI is InChI=1S/C33H54N6O3/c1-4-10-16-22-28(23-17-11-5-1)37-40-31-34-32(41-38-29-24-18-12-6-2-7-13-19-25-29)36-33(35-31)42-39-30-26-20-14-8-3-9-15-21-27-30/h22,24,26,37-39H,1-21,23,25,27H2. The monoisotopic (exact) mass is 582 g/mol. The highest BCUT2D eigenvalue weighted by atomic mass is 16.7. The summed E-state index contributed by atoms with van der Waals surface area (Å²) in [6.45, 7) is 0. The van der Waals surface area contributed by atoms with Crippen LogP contribution in [0.15, 0.2) is 35.3 Å². The van der Waals surface area contributed by atoms with Gasteiger partial charge in [0.05, 0.1) is 0 Å². The van der Waals surface area contributed by atoms with Crippen molar-refractivity contribution >= 4 is 0 Å². The third-order valence-corrected chi connectivity index (χ3v) is 8.27. The first-order chi connectivity index (χ1) is 20.8. The van der Waals surface area contributed by atoms with Gasteiger partial charge in [0.1, 0.15) is 0 Å². The van der Waals surface area contributed by atoms with Crippen LogP contribution in [0.3, 0.4) is 0 Å². The molecule has 0 saturated carbocycles. The number of hydroxylamine groups is 3. The molecule has 0 saturated heterocycles. The quantitative estimate of drug-likeness (QED) is 0.247. The minimum absolute atomic E-state index is 0.108. The predicted octanol–water partition coefficient (Wildman–Crippen LogP) is 8.58. The van der Waals surface area contributed by atoms with Gasteiger partial charge in [0, 0.05) is 17.1 Å². The largest absolute Gasteiger partial charge is 0.352 e. The molecule has 0 amide bonds. The van der Waals surface area contributed by atoms with Crippen LogP contribution in [0.5, 0.6) is 18.0 Å². The van der Waals surface area contributed by atoms with Crippen molar-refractivity contribution < 1.29 is 14.5 Å². The molecular formula is C33H54N6O3. The summed E-state index contributed by atoms with van der Waals surface area (Å²) in [5.41, 5.74) is 12.5. The van der Waals surface area contributed by atoms with E-state index in [1.54, 1.807) is 0 Å². The Labute approximate surface area is 253 Å². The SMILES string of the molecule is C1=C(NOc2nc(ONC3=CCCCCCCCC3)nc(ONC3=CCCCCCCCC3)n2)CCCCCCCC1. The smallest absolute Gasteiger partial charge is 0.340 e. The van der Waals surface area contributed by atoms with Crippen molar-refractivity contribution in [2.45, 2.75) is 154 Å². The van der Waals surface area contributed by atoms with Crippen molar-refractivity contribution in [3.8, 4) is 18.0 Å². The molecule has 42 heavy (non-hydrogen) atoms. The van der Waals surface area contributed by atoms with Crippen LogP contribution < -0.4 is 31.0 Å². The second-order valence-corrected chi connectivity index (χ2v) is 12.0. The maximum Gasteiger partial charge on any atom is 0.352 e. The third kappa shape index (κ3) is 13.3. The van der Waals surface area contributed by atoms with Crippen LogP contribution in [0.25, 0.3) is 0 Å². The summed E-state index contributed by atoms with van der Waals surface area (Å²) in [5.74, 6) is 0. The summed E-state index contributed by atoms with van der Waals surface area (Å²) in [4.78, 5) is 31.0. The van der Waals surface area contributed by atoms with Gasteiger partial charge in [-0.05, 0) is 77.0 Å². The van der Waals surface area contributed by atoms with E-state index in [0.29, 0.717) is 0 Å². The summed E-state index contributed by atoms with van der Waals surface area (Å²) in [6, 6.07) is 0.324. The fourth-order valence-corrected chi connectivity index (χ4v) is 5.70. The lowest BCUT2D eigenvalue weighted by Crippen LogP contribution is -2.24. The maximum atomic E-state index is 5.89. The zero-order valence-corrected chi connectivity index (χ0v) is 25.8. The number of hydrogen-bond acceptors (Lipinski definition) is 9. The average molecular weight is 583 g/mol. The van der Waals surface area contributed by atoms with Crippen LogP contribution in [0, 0.1) is 0 Å². The third-order valence-electron chi connectivity index (χ3n) is 8.27. The summed E-state index contributed by atoms with van der Waals surface area (Å²) in [7, 11) is 0. The summed E-state index contributed by atoms with van der Waals surface area (Å²) < 4.78 is 0. The van der Waals surface area contributed by atoms with Gasteiger partial charge < -0.3 is 14.5 Å². The Morgan fingerprint density at radius 1 is 0.357 bits per heavy atom. The molecule has 0 spiro atoms. The molecule has 0 atom stereocenters. The van der Waals surface area contributed by atoms with Gasteiger partial charge in [0.25, 0.3) is 0 Å². The molecule has 0 fully saturated rings. The number of aromatic nitrogens is 3. The van der Waals surface area contributed by atoms with Gasteiger partial charge >= 0.3 is 18.0 Å². The van der Waals surface area contributed by atoms with Crippen LogP contribution >= 0.6 is 0 Å². The Balaban J connectivity index is 1.42. The minimum Gasteiger partial charge on any atom is -0.340 e. The maximum absolute atomic E-state index is 5.89. The number of hydrogen-bond donors (Lipinski definition) is 3. The van der Waals surface area contributed by atoms with Gasteiger partial charge in [-0.25, -0.2) is 16.4 Å². The summed E-state index contributed by atoms with van der Waals surface area (Å²) in [5, 5.41) is 0. The minimum atomic E-state index is 0.108. The van der Waals surface area contributed by atoms with E-state index in [1.807, 2.05) is 0 Å². The molecule has 0 unspecified atom stereocenters. The van der Waals surface area contributed by atoms with E-state index < -0.39 is 0 Å². The average Bonchev–Trinajstić information content (AvgIpc) is 3.02. The predicted molar refractivity (Wildman–Crippen MR) is 166 cm³/mol. The van der Waals surface area contributed by atoms with Gasteiger partial charge in [0.15, 0.2) is 0 Å². The van der Waals surface area contributed by atoms with Crippen LogP contribution in [0.4, 0.5) is 0 Å². The molecule has 3 N–H and O–H groups in total. The molecule has 0 aromatic carbocycles. The van der Waals surface area contributed by atoms with E-state index >= 15 is 0 Å². The van der Waals surface area contributed by atoms with Crippen LogP contribution in [-0.2, 0) is 0 Å². The molecule has 0 aliphatic heterocycles. The van der Waals surface area contributed by atoms with E-state index in [9.17, 15) is 0 Å². The Kier molecular flexibility index (Phi) is 15.2. The summed E-state index contributed by atoms with van der Waals surface area (Å²) in [6.07, 6.45) is 35.2. The first kappa shape index (κ1) is 32.0. The Morgan fingerprint density at radius 3 is 0.929 bits per heavy atom. The number of allylic oxidation sites excluding steroid dienone is 6. The van der Waals surface area contributed by atoms with Gasteiger partial charge in [0.2, 0.25) is 0 Å². The van der Waals surface area contributed by atoms with E-state index in [-0.39, 0.29) is 18.0 Å².